The molecule has 206 valence electrons. The average molecular weight is 541 g/mol. The van der Waals surface area contributed by atoms with E-state index >= 15 is 0 Å². The Morgan fingerprint density at radius 3 is 2.55 bits per heavy atom. The SMILES string of the molecule is CCCCc1cn(-c2c(C(=O)OCC)ccn2CC)c(=O)n1Cc1ccc(-c2ccccc2-c2nn[nH]n2)nc1. The van der Waals surface area contributed by atoms with Gasteiger partial charge in [-0.1, -0.05) is 43.7 Å². The maximum atomic E-state index is 13.8. The quantitative estimate of drug-likeness (QED) is 0.248. The van der Waals surface area contributed by atoms with Gasteiger partial charge in [-0.15, -0.1) is 10.2 Å². The van der Waals surface area contributed by atoms with Crippen molar-refractivity contribution in [3.63, 3.8) is 0 Å². The number of aryl methyl sites for hydroxylation is 2. The fourth-order valence-electron chi connectivity index (χ4n) is 4.80. The van der Waals surface area contributed by atoms with Crippen molar-refractivity contribution in [1.82, 2.24) is 39.3 Å². The first-order valence-electron chi connectivity index (χ1n) is 13.5. The number of aromatic amines is 1. The Morgan fingerprint density at radius 1 is 1.05 bits per heavy atom. The zero-order valence-electron chi connectivity index (χ0n) is 22.9. The normalized spacial score (nSPS) is 11.2. The van der Waals surface area contributed by atoms with Crippen molar-refractivity contribution in [2.24, 2.45) is 0 Å². The molecule has 0 aliphatic rings. The molecule has 4 aromatic heterocycles. The number of H-pyrrole nitrogens is 1. The zero-order valence-corrected chi connectivity index (χ0v) is 22.9. The number of hydrogen-bond donors (Lipinski definition) is 1. The number of pyridine rings is 1. The Morgan fingerprint density at radius 2 is 1.88 bits per heavy atom. The summed E-state index contributed by atoms with van der Waals surface area (Å²) in [5.41, 5.74) is 4.41. The number of ether oxygens (including phenoxy) is 1. The minimum Gasteiger partial charge on any atom is -0.462 e. The van der Waals surface area contributed by atoms with Crippen LogP contribution in [0.5, 0.6) is 0 Å². The second-order valence-electron chi connectivity index (χ2n) is 9.35. The molecule has 0 saturated carbocycles. The molecule has 0 atom stereocenters. The lowest BCUT2D eigenvalue weighted by Gasteiger charge is -2.10. The first-order chi connectivity index (χ1) is 19.5. The van der Waals surface area contributed by atoms with E-state index in [9.17, 15) is 9.59 Å². The molecule has 40 heavy (non-hydrogen) atoms. The summed E-state index contributed by atoms with van der Waals surface area (Å²) in [5, 5.41) is 14.4. The highest BCUT2D eigenvalue weighted by molar-refractivity contribution is 5.93. The molecule has 11 heteroatoms. The van der Waals surface area contributed by atoms with E-state index in [2.05, 4.69) is 27.5 Å². The van der Waals surface area contributed by atoms with Gasteiger partial charge in [-0.2, -0.15) is 5.21 Å². The van der Waals surface area contributed by atoms with Crippen LogP contribution in [-0.2, 0) is 24.2 Å². The van der Waals surface area contributed by atoms with Crippen LogP contribution in [0.15, 0.2) is 65.8 Å². The van der Waals surface area contributed by atoms with Gasteiger partial charge in [0.2, 0.25) is 5.82 Å². The van der Waals surface area contributed by atoms with Crippen LogP contribution in [0.25, 0.3) is 28.5 Å². The lowest BCUT2D eigenvalue weighted by molar-refractivity contribution is 0.0526. The van der Waals surface area contributed by atoms with Gasteiger partial charge in [0.05, 0.1) is 18.8 Å². The van der Waals surface area contributed by atoms with Crippen LogP contribution in [0.2, 0.25) is 0 Å². The van der Waals surface area contributed by atoms with Crippen LogP contribution in [-0.4, -0.2) is 51.9 Å². The maximum absolute atomic E-state index is 13.8. The van der Waals surface area contributed by atoms with Crippen LogP contribution in [0.1, 0.15) is 55.2 Å². The van der Waals surface area contributed by atoms with Crippen molar-refractivity contribution in [2.75, 3.05) is 6.61 Å². The molecular weight excluding hydrogens is 508 g/mol. The minimum absolute atomic E-state index is 0.211. The standard InChI is InChI=1S/C29H32N8O3/c1-4-7-10-21-19-37(27-24(28(38)40-6-3)15-16-35(27)5-2)29(39)36(21)18-20-13-14-25(30-17-20)22-11-8-9-12-23(22)26-31-33-34-32-26/h8-9,11-17,19H,4-7,10,18H2,1-3H3,(H,31,32,33,34). The molecule has 0 aliphatic carbocycles. The molecule has 1 N–H and O–H groups in total. The molecule has 0 radical (unpaired) electrons. The topological polar surface area (TPSA) is 126 Å². The first-order valence-corrected chi connectivity index (χ1v) is 13.5. The maximum Gasteiger partial charge on any atom is 0.341 e. The van der Waals surface area contributed by atoms with Gasteiger partial charge in [0.25, 0.3) is 0 Å². The van der Waals surface area contributed by atoms with Crippen LogP contribution >= 0.6 is 0 Å². The fourth-order valence-corrected chi connectivity index (χ4v) is 4.80. The molecular formula is C29H32N8O3. The number of aromatic nitrogens is 8. The molecule has 0 spiro atoms. The van der Waals surface area contributed by atoms with Gasteiger partial charge in [0.1, 0.15) is 11.4 Å². The number of nitrogens with zero attached hydrogens (tertiary/aromatic N) is 7. The Labute approximate surface area is 231 Å². The highest BCUT2D eigenvalue weighted by Gasteiger charge is 2.22. The van der Waals surface area contributed by atoms with Gasteiger partial charge in [-0.05, 0) is 49.6 Å². The minimum atomic E-state index is -0.444. The largest absolute Gasteiger partial charge is 0.462 e. The van der Waals surface area contributed by atoms with Gasteiger partial charge in [0, 0.05) is 42.0 Å². The summed E-state index contributed by atoms with van der Waals surface area (Å²) in [6.07, 6.45) is 8.12. The lowest BCUT2D eigenvalue weighted by atomic mass is 10.0. The van der Waals surface area contributed by atoms with Crippen LogP contribution in [0, 0.1) is 0 Å². The third kappa shape index (κ3) is 5.22. The smallest absolute Gasteiger partial charge is 0.341 e. The monoisotopic (exact) mass is 540 g/mol. The summed E-state index contributed by atoms with van der Waals surface area (Å²) in [7, 11) is 0. The molecule has 0 fully saturated rings. The molecule has 0 unspecified atom stereocenters. The second-order valence-corrected chi connectivity index (χ2v) is 9.35. The van der Waals surface area contributed by atoms with Gasteiger partial charge < -0.3 is 9.30 Å². The Balaban J connectivity index is 1.50. The van der Waals surface area contributed by atoms with Crippen molar-refractivity contribution in [2.45, 2.75) is 53.1 Å². The van der Waals surface area contributed by atoms with E-state index in [0.717, 1.165) is 47.3 Å². The lowest BCUT2D eigenvalue weighted by Crippen LogP contribution is -2.27. The summed E-state index contributed by atoms with van der Waals surface area (Å²) in [4.78, 5) is 31.2. The van der Waals surface area contributed by atoms with Crippen molar-refractivity contribution in [3.8, 4) is 28.5 Å². The molecule has 4 heterocycles. The van der Waals surface area contributed by atoms with E-state index < -0.39 is 5.97 Å². The fraction of sp³-hybridized carbons (Fsp3) is 0.310. The molecule has 0 saturated heterocycles. The number of nitrogens with one attached hydrogen (secondary N) is 1. The summed E-state index contributed by atoms with van der Waals surface area (Å²) in [6.45, 7) is 7.08. The summed E-state index contributed by atoms with van der Waals surface area (Å²) < 4.78 is 10.5. The number of imidazole rings is 1. The third-order valence-corrected chi connectivity index (χ3v) is 6.80. The van der Waals surface area contributed by atoms with E-state index in [4.69, 9.17) is 9.72 Å². The highest BCUT2D eigenvalue weighted by Crippen LogP contribution is 2.28. The van der Waals surface area contributed by atoms with E-state index in [1.807, 2.05) is 60.3 Å². The van der Waals surface area contributed by atoms with Crippen molar-refractivity contribution in [1.29, 1.82) is 0 Å². The number of esters is 1. The number of carbonyl (C=O) groups is 1. The Kier molecular flexibility index (Phi) is 7.99. The number of benzene rings is 1. The van der Waals surface area contributed by atoms with Gasteiger partial charge in [0.15, 0.2) is 0 Å². The predicted octanol–water partition coefficient (Wildman–Crippen LogP) is 4.27. The van der Waals surface area contributed by atoms with E-state index in [-0.39, 0.29) is 12.3 Å². The summed E-state index contributed by atoms with van der Waals surface area (Å²) >= 11 is 0. The Bertz CT molecular complexity index is 1650. The zero-order chi connectivity index (χ0) is 28.1. The van der Waals surface area contributed by atoms with E-state index in [1.54, 1.807) is 28.3 Å². The molecule has 0 bridgehead atoms. The molecule has 5 aromatic rings. The number of rotatable bonds is 11. The third-order valence-electron chi connectivity index (χ3n) is 6.80. The van der Waals surface area contributed by atoms with Crippen molar-refractivity contribution in [3.05, 3.63) is 88.4 Å². The first kappa shape index (κ1) is 26.8. The van der Waals surface area contributed by atoms with Crippen molar-refractivity contribution >= 4 is 5.97 Å². The van der Waals surface area contributed by atoms with E-state index in [0.29, 0.717) is 30.3 Å². The van der Waals surface area contributed by atoms with Gasteiger partial charge >= 0.3 is 11.7 Å². The van der Waals surface area contributed by atoms with Gasteiger partial charge in [-0.25, -0.2) is 9.59 Å². The summed E-state index contributed by atoms with van der Waals surface area (Å²) in [6, 6.07) is 13.4. The number of unbranched alkanes of at least 4 members (excludes halogenated alkanes) is 1. The highest BCUT2D eigenvalue weighted by atomic mass is 16.5. The molecule has 0 aliphatic heterocycles. The second kappa shape index (κ2) is 11.9. The van der Waals surface area contributed by atoms with Crippen LogP contribution in [0.4, 0.5) is 0 Å². The summed E-state index contributed by atoms with van der Waals surface area (Å²) in [5.74, 6) is 0.572. The predicted molar refractivity (Wildman–Crippen MR) is 150 cm³/mol. The van der Waals surface area contributed by atoms with Crippen LogP contribution in [0.3, 0.4) is 0 Å². The number of hydrogen-bond acceptors (Lipinski definition) is 7. The van der Waals surface area contributed by atoms with Crippen LogP contribution < -0.4 is 5.69 Å². The Hall–Kier alpha value is -4.80. The molecule has 5 rings (SSSR count). The van der Waals surface area contributed by atoms with Gasteiger partial charge in [-0.3, -0.25) is 14.1 Å². The number of carbonyl (C=O) groups excluding carboxylic acids is 1. The average Bonchev–Trinajstić information content (AvgIpc) is 3.73. The van der Waals surface area contributed by atoms with E-state index in [1.165, 1.54) is 0 Å². The van der Waals surface area contributed by atoms with Crippen molar-refractivity contribution < 1.29 is 9.53 Å². The molecule has 1 aromatic carbocycles. The number of tetrazole rings is 1. The molecule has 11 nitrogen and oxygen atoms in total. The molecule has 0 amide bonds.